The van der Waals surface area contributed by atoms with Crippen LogP contribution in [-0.2, 0) is 16.0 Å². The predicted octanol–water partition coefficient (Wildman–Crippen LogP) is 5.12. The number of hydrogen-bond donors (Lipinski definition) is 2. The fourth-order valence-electron chi connectivity index (χ4n) is 5.96. The minimum absolute atomic E-state index is 0.0613. The van der Waals surface area contributed by atoms with Crippen molar-refractivity contribution in [2.24, 2.45) is 11.7 Å². The third kappa shape index (κ3) is 5.38. The summed E-state index contributed by atoms with van der Waals surface area (Å²) in [6.07, 6.45) is 7.67. The molecule has 9 heteroatoms. The van der Waals surface area contributed by atoms with E-state index < -0.39 is 11.9 Å². The van der Waals surface area contributed by atoms with Crippen LogP contribution in [0, 0.1) is 5.92 Å². The van der Waals surface area contributed by atoms with E-state index in [4.69, 9.17) is 26.8 Å². The number of aromatic nitrogens is 1. The summed E-state index contributed by atoms with van der Waals surface area (Å²) in [5.74, 6) is 0.0743. The number of rotatable bonds is 6. The van der Waals surface area contributed by atoms with E-state index in [1.807, 2.05) is 18.2 Å². The van der Waals surface area contributed by atoms with Crippen LogP contribution in [0.25, 0.3) is 11.1 Å². The Kier molecular flexibility index (Phi) is 7.38. The van der Waals surface area contributed by atoms with Crippen molar-refractivity contribution in [2.75, 3.05) is 11.9 Å². The first-order valence-electron chi connectivity index (χ1n) is 13.9. The molecule has 3 aromatic rings. The molecule has 2 fully saturated rings. The number of anilines is 1. The fraction of sp³-hybridized carbons (Fsp3) is 0.387. The summed E-state index contributed by atoms with van der Waals surface area (Å²) in [6, 6.07) is 12.9. The van der Waals surface area contributed by atoms with Crippen LogP contribution >= 0.6 is 11.6 Å². The van der Waals surface area contributed by atoms with Gasteiger partial charge in [0.25, 0.3) is 5.56 Å². The first-order chi connectivity index (χ1) is 19.4. The number of carbonyl (C=O) groups excluding carboxylic acids is 2. The molecule has 3 aliphatic rings. The van der Waals surface area contributed by atoms with Crippen molar-refractivity contribution in [1.82, 2.24) is 4.57 Å². The largest absolute Gasteiger partial charge is 0.488 e. The number of carbonyl (C=O) groups is 2. The Balaban J connectivity index is 1.39. The number of nitrogens with two attached hydrogens (primary N) is 1. The van der Waals surface area contributed by atoms with Gasteiger partial charge >= 0.3 is 0 Å². The SMILES string of the molecule is NC(=O)c1ccc(NC(=O)C(CC2CCCCO2)n2cc3c(cc2=O)-c2cc(Cl)ccc2CC2CCC2O3)cc1. The molecule has 1 saturated carbocycles. The molecule has 0 bridgehead atoms. The number of pyridine rings is 1. The first kappa shape index (κ1) is 26.6. The third-order valence-electron chi connectivity index (χ3n) is 8.35. The van der Waals surface area contributed by atoms with E-state index in [0.29, 0.717) is 46.5 Å². The average molecular weight is 562 g/mol. The second kappa shape index (κ2) is 11.1. The summed E-state index contributed by atoms with van der Waals surface area (Å²) in [4.78, 5) is 38.9. The molecule has 40 heavy (non-hydrogen) atoms. The van der Waals surface area contributed by atoms with Gasteiger partial charge in [0.05, 0.1) is 12.3 Å². The van der Waals surface area contributed by atoms with E-state index in [1.54, 1.807) is 36.5 Å². The lowest BCUT2D eigenvalue weighted by Crippen LogP contribution is -2.40. The van der Waals surface area contributed by atoms with Gasteiger partial charge in [0.15, 0.2) is 0 Å². The molecule has 208 valence electrons. The highest BCUT2D eigenvalue weighted by Gasteiger charge is 2.37. The second-order valence-electron chi connectivity index (χ2n) is 11.0. The van der Waals surface area contributed by atoms with Gasteiger partial charge < -0.3 is 20.5 Å². The van der Waals surface area contributed by atoms with Crippen molar-refractivity contribution >= 4 is 29.1 Å². The summed E-state index contributed by atoms with van der Waals surface area (Å²) in [6.45, 7) is 0.635. The zero-order chi connectivity index (χ0) is 27.8. The Hall–Kier alpha value is -3.62. The van der Waals surface area contributed by atoms with Gasteiger partial charge in [-0.1, -0.05) is 17.7 Å². The van der Waals surface area contributed by atoms with Crippen molar-refractivity contribution < 1.29 is 19.1 Å². The quantitative estimate of drug-likeness (QED) is 0.434. The van der Waals surface area contributed by atoms with E-state index in [9.17, 15) is 14.4 Å². The lowest BCUT2D eigenvalue weighted by Gasteiger charge is -2.39. The van der Waals surface area contributed by atoms with Crippen LogP contribution in [0.15, 0.2) is 59.5 Å². The van der Waals surface area contributed by atoms with Gasteiger partial charge in [0.1, 0.15) is 17.9 Å². The number of primary amides is 1. The molecule has 6 rings (SSSR count). The first-order valence-corrected chi connectivity index (χ1v) is 14.3. The minimum Gasteiger partial charge on any atom is -0.488 e. The molecule has 1 saturated heterocycles. The summed E-state index contributed by atoms with van der Waals surface area (Å²) in [7, 11) is 0. The zero-order valence-electron chi connectivity index (χ0n) is 22.1. The van der Waals surface area contributed by atoms with Crippen molar-refractivity contribution in [3.63, 3.8) is 0 Å². The van der Waals surface area contributed by atoms with Gasteiger partial charge in [-0.15, -0.1) is 0 Å². The van der Waals surface area contributed by atoms with E-state index in [1.165, 1.54) is 4.57 Å². The van der Waals surface area contributed by atoms with Crippen LogP contribution < -0.4 is 21.3 Å². The summed E-state index contributed by atoms with van der Waals surface area (Å²) in [5, 5.41) is 3.50. The molecule has 2 aromatic carbocycles. The number of ether oxygens (including phenoxy) is 2. The molecule has 2 amide bonds. The number of nitrogens with one attached hydrogen (secondary N) is 1. The van der Waals surface area contributed by atoms with E-state index in [-0.39, 0.29) is 23.7 Å². The summed E-state index contributed by atoms with van der Waals surface area (Å²) < 4.78 is 13.9. The normalized spacial score (nSPS) is 22.2. The molecule has 4 unspecified atom stereocenters. The maximum atomic E-state index is 13.7. The average Bonchev–Trinajstić information content (AvgIpc) is 2.94. The maximum Gasteiger partial charge on any atom is 0.252 e. The summed E-state index contributed by atoms with van der Waals surface area (Å²) >= 11 is 6.38. The summed E-state index contributed by atoms with van der Waals surface area (Å²) in [5.41, 5.74) is 8.62. The smallest absolute Gasteiger partial charge is 0.252 e. The van der Waals surface area contributed by atoms with E-state index in [0.717, 1.165) is 49.7 Å². The number of nitrogens with zero attached hydrogens (tertiary/aromatic N) is 1. The Morgan fingerprint density at radius 2 is 1.88 bits per heavy atom. The van der Waals surface area contributed by atoms with Crippen LogP contribution in [0.2, 0.25) is 5.02 Å². The van der Waals surface area contributed by atoms with Crippen molar-refractivity contribution in [2.45, 2.75) is 63.2 Å². The lowest BCUT2D eigenvalue weighted by molar-refractivity contribution is -0.121. The van der Waals surface area contributed by atoms with Crippen molar-refractivity contribution in [3.05, 3.63) is 81.2 Å². The molecule has 0 spiro atoms. The van der Waals surface area contributed by atoms with Crippen molar-refractivity contribution in [3.8, 4) is 16.9 Å². The Bertz CT molecular complexity index is 1500. The highest BCUT2D eigenvalue weighted by molar-refractivity contribution is 6.30. The van der Waals surface area contributed by atoms with Crippen LogP contribution in [0.5, 0.6) is 5.75 Å². The van der Waals surface area contributed by atoms with Gasteiger partial charge in [-0.2, -0.15) is 0 Å². The Labute approximate surface area is 237 Å². The van der Waals surface area contributed by atoms with Gasteiger partial charge in [0.2, 0.25) is 11.8 Å². The highest BCUT2D eigenvalue weighted by Crippen LogP contribution is 2.43. The minimum atomic E-state index is -0.832. The molecule has 8 nitrogen and oxygen atoms in total. The number of amides is 2. The Morgan fingerprint density at radius 3 is 2.58 bits per heavy atom. The molecule has 3 heterocycles. The third-order valence-corrected chi connectivity index (χ3v) is 8.59. The van der Waals surface area contributed by atoms with Crippen LogP contribution in [0.3, 0.4) is 0 Å². The van der Waals surface area contributed by atoms with E-state index >= 15 is 0 Å². The molecule has 2 aliphatic heterocycles. The van der Waals surface area contributed by atoms with E-state index in [2.05, 4.69) is 5.32 Å². The molecule has 4 atom stereocenters. The van der Waals surface area contributed by atoms with Crippen LogP contribution in [0.1, 0.15) is 60.5 Å². The fourth-order valence-corrected chi connectivity index (χ4v) is 6.13. The van der Waals surface area contributed by atoms with Crippen LogP contribution in [-0.4, -0.2) is 35.2 Å². The second-order valence-corrected chi connectivity index (χ2v) is 11.4. The molecular weight excluding hydrogens is 530 g/mol. The van der Waals surface area contributed by atoms with Gasteiger partial charge in [-0.05, 0) is 86.1 Å². The number of benzene rings is 2. The molecule has 1 aromatic heterocycles. The molecule has 3 N–H and O–H groups in total. The van der Waals surface area contributed by atoms with Gasteiger partial charge in [-0.25, -0.2) is 0 Å². The highest BCUT2D eigenvalue weighted by atomic mass is 35.5. The number of hydrogen-bond acceptors (Lipinski definition) is 5. The van der Waals surface area contributed by atoms with Crippen molar-refractivity contribution in [1.29, 1.82) is 0 Å². The lowest BCUT2D eigenvalue weighted by atomic mass is 9.76. The number of halogens is 1. The number of fused-ring (bicyclic) bond motifs is 4. The Morgan fingerprint density at radius 1 is 1.05 bits per heavy atom. The maximum absolute atomic E-state index is 13.7. The topological polar surface area (TPSA) is 113 Å². The monoisotopic (exact) mass is 561 g/mol. The zero-order valence-corrected chi connectivity index (χ0v) is 22.9. The predicted molar refractivity (Wildman–Crippen MR) is 153 cm³/mol. The van der Waals surface area contributed by atoms with Gasteiger partial charge in [0, 0.05) is 46.8 Å². The van der Waals surface area contributed by atoms with Gasteiger partial charge in [-0.3, -0.25) is 19.0 Å². The molecule has 0 radical (unpaired) electrons. The molecule has 1 aliphatic carbocycles. The van der Waals surface area contributed by atoms with Crippen LogP contribution in [0.4, 0.5) is 5.69 Å². The molecular formula is C31H32ClN3O5. The standard InChI is InChI=1S/C31H32ClN3O5/c32-21-8-4-19-13-20-7-11-27(20)40-28-17-35(29(36)16-25(28)24(19)14-21)26(15-23-3-1-2-12-39-23)31(38)34-22-9-5-18(6-10-22)30(33)37/h4-6,8-10,14,16-17,20,23,26-27H,1-3,7,11-13,15H2,(H2,33,37)(H,34,38).